The Bertz CT molecular complexity index is 1200. The number of hydrogen-bond acceptors (Lipinski definition) is 7. The Kier molecular flexibility index (Phi) is 9.79. The predicted octanol–water partition coefficient (Wildman–Crippen LogP) is 5.90. The fourth-order valence-corrected chi connectivity index (χ4v) is 5.38. The van der Waals surface area contributed by atoms with Crippen LogP contribution in [0.25, 0.3) is 0 Å². The normalized spacial score (nSPS) is 18.2. The first-order valence-electron chi connectivity index (χ1n) is 11.4. The van der Waals surface area contributed by atoms with E-state index in [1.807, 2.05) is 54.7 Å². The number of hydrogen-bond donors (Lipinski definition) is 2. The van der Waals surface area contributed by atoms with Gasteiger partial charge in [-0.3, -0.25) is 9.55 Å². The Balaban J connectivity index is 1.87. The third kappa shape index (κ3) is 7.33. The van der Waals surface area contributed by atoms with Crippen molar-refractivity contribution in [2.75, 3.05) is 12.3 Å². The molecule has 1 heterocycles. The average molecular weight is 520 g/mol. The van der Waals surface area contributed by atoms with Crippen molar-refractivity contribution in [3.63, 3.8) is 0 Å². The number of allylic oxidation sites excluding steroid dienone is 2. The zero-order valence-corrected chi connectivity index (χ0v) is 21.5. The summed E-state index contributed by atoms with van der Waals surface area (Å²) in [5.74, 6) is -0.258. The first-order chi connectivity index (χ1) is 16.8. The molecule has 35 heavy (non-hydrogen) atoms. The molecule has 3 rings (SSSR count). The van der Waals surface area contributed by atoms with Gasteiger partial charge in [-0.15, -0.1) is 4.33 Å². The van der Waals surface area contributed by atoms with Crippen molar-refractivity contribution in [3.8, 4) is 0 Å². The molecule has 0 aromatic heterocycles. The zero-order valence-electron chi connectivity index (χ0n) is 19.8. The van der Waals surface area contributed by atoms with E-state index in [1.54, 1.807) is 0 Å². The van der Waals surface area contributed by atoms with Crippen molar-refractivity contribution < 1.29 is 32.2 Å². The molecule has 8 nitrogen and oxygen atoms in total. The maximum Gasteiger partial charge on any atom is 0.264 e. The number of benzene rings is 2. The van der Waals surface area contributed by atoms with Gasteiger partial charge in [-0.05, 0) is 51.0 Å². The summed E-state index contributed by atoms with van der Waals surface area (Å²) < 4.78 is 38.4. The summed E-state index contributed by atoms with van der Waals surface area (Å²) in [7, 11) is -3.99. The highest BCUT2D eigenvalue weighted by Gasteiger charge is 2.47. The summed E-state index contributed by atoms with van der Waals surface area (Å²) in [6, 6.07) is 15.7. The minimum atomic E-state index is -3.99. The average Bonchev–Trinajstić information content (AvgIpc) is 3.07. The Morgan fingerprint density at radius 3 is 2.63 bits per heavy atom. The highest BCUT2D eigenvalue weighted by molar-refractivity contribution is 7.94. The molecule has 2 aromatic rings. The molecule has 0 aliphatic carbocycles. The van der Waals surface area contributed by atoms with Gasteiger partial charge in [0.1, 0.15) is 6.54 Å². The molecule has 0 radical (unpaired) electrons. The van der Waals surface area contributed by atoms with Crippen molar-refractivity contribution >= 4 is 45.5 Å². The summed E-state index contributed by atoms with van der Waals surface area (Å²) in [5.41, 5.74) is 3.76. The Labute approximate surface area is 210 Å². The third-order valence-corrected chi connectivity index (χ3v) is 7.41. The van der Waals surface area contributed by atoms with E-state index >= 15 is 0 Å². The number of rotatable bonds is 13. The minimum Gasteiger partial charge on any atom is -0.286 e. The summed E-state index contributed by atoms with van der Waals surface area (Å²) in [6.07, 6.45) is 8.40. The van der Waals surface area contributed by atoms with Crippen LogP contribution < -0.4 is 0 Å². The van der Waals surface area contributed by atoms with Crippen LogP contribution in [0.4, 0.5) is 11.4 Å². The number of para-hydroxylation sites is 1. The fourth-order valence-electron chi connectivity index (χ4n) is 4.42. The molecular weight excluding hydrogens is 488 g/mol. The van der Waals surface area contributed by atoms with Gasteiger partial charge >= 0.3 is 0 Å². The fraction of sp³-hybridized carbons (Fsp3) is 0.360. The number of aliphatic imine (C=N–C) groups is 1. The largest absolute Gasteiger partial charge is 0.286 e. The van der Waals surface area contributed by atoms with E-state index in [1.165, 1.54) is 0 Å². The van der Waals surface area contributed by atoms with Crippen LogP contribution in [0.5, 0.6) is 0 Å². The molecule has 0 spiro atoms. The van der Waals surface area contributed by atoms with Gasteiger partial charge in [0, 0.05) is 35.2 Å². The molecule has 10 heteroatoms. The van der Waals surface area contributed by atoms with Gasteiger partial charge in [0.2, 0.25) is 5.69 Å². The van der Waals surface area contributed by atoms with E-state index < -0.39 is 15.5 Å². The van der Waals surface area contributed by atoms with Crippen LogP contribution in [0.1, 0.15) is 45.1 Å². The van der Waals surface area contributed by atoms with Crippen LogP contribution >= 0.6 is 12.0 Å². The SMILES string of the molecule is CC[N+]1=C(C=CCC=Nc2ccccc2)C(C)(CCCCS(=O)(=O)O)c2cc(SOOO)ccc21. The lowest BCUT2D eigenvalue weighted by Gasteiger charge is -2.22. The van der Waals surface area contributed by atoms with Crippen molar-refractivity contribution in [1.29, 1.82) is 0 Å². The first kappa shape index (κ1) is 27.3. The summed E-state index contributed by atoms with van der Waals surface area (Å²) in [6.45, 7) is 4.99. The van der Waals surface area contributed by atoms with Crippen LogP contribution in [0.15, 0.2) is 70.6 Å². The van der Waals surface area contributed by atoms with Gasteiger partial charge in [0.25, 0.3) is 10.1 Å². The van der Waals surface area contributed by atoms with Gasteiger partial charge in [-0.1, -0.05) is 35.7 Å². The molecule has 0 amide bonds. The van der Waals surface area contributed by atoms with Crippen molar-refractivity contribution in [2.45, 2.75) is 49.8 Å². The quantitative estimate of drug-likeness (QED) is 0.0645. The Hall–Kier alpha value is -2.34. The third-order valence-electron chi connectivity index (χ3n) is 6.03. The van der Waals surface area contributed by atoms with E-state index in [2.05, 4.69) is 44.9 Å². The highest BCUT2D eigenvalue weighted by atomic mass is 32.2. The molecule has 0 fully saturated rings. The van der Waals surface area contributed by atoms with Crippen LogP contribution in [0.2, 0.25) is 0 Å². The van der Waals surface area contributed by atoms with Gasteiger partial charge in [0.05, 0.1) is 28.9 Å². The lowest BCUT2D eigenvalue weighted by Crippen LogP contribution is -2.31. The molecule has 1 aliphatic rings. The molecule has 0 saturated carbocycles. The first-order valence-corrected chi connectivity index (χ1v) is 13.8. The predicted molar refractivity (Wildman–Crippen MR) is 139 cm³/mol. The molecule has 1 atom stereocenters. The van der Waals surface area contributed by atoms with Crippen LogP contribution in [-0.4, -0.2) is 47.0 Å². The highest BCUT2D eigenvalue weighted by Crippen LogP contribution is 2.45. The molecule has 1 unspecified atom stereocenters. The number of nitrogens with zero attached hydrogens (tertiary/aromatic N) is 2. The van der Waals surface area contributed by atoms with E-state index in [4.69, 9.17) is 9.81 Å². The molecule has 2 N–H and O–H groups in total. The summed E-state index contributed by atoms with van der Waals surface area (Å²) in [4.78, 5) is 5.24. The maximum absolute atomic E-state index is 11.2. The van der Waals surface area contributed by atoms with E-state index in [0.717, 1.165) is 46.1 Å². The number of unbranched alkanes of at least 4 members (excludes halogenated alkanes) is 1. The van der Waals surface area contributed by atoms with Crippen LogP contribution in [-0.2, 0) is 24.9 Å². The summed E-state index contributed by atoms with van der Waals surface area (Å²) in [5, 5.41) is 12.3. The molecule has 0 bridgehead atoms. The second kappa shape index (κ2) is 12.6. The molecule has 188 valence electrons. The lowest BCUT2D eigenvalue weighted by atomic mass is 9.75. The second-order valence-corrected chi connectivity index (χ2v) is 10.7. The Morgan fingerprint density at radius 1 is 1.17 bits per heavy atom. The van der Waals surface area contributed by atoms with Gasteiger partial charge < -0.3 is 0 Å². The van der Waals surface area contributed by atoms with E-state index in [0.29, 0.717) is 25.7 Å². The zero-order chi connectivity index (χ0) is 25.3. The summed E-state index contributed by atoms with van der Waals surface area (Å²) >= 11 is 0.904. The maximum atomic E-state index is 11.2. The van der Waals surface area contributed by atoms with Gasteiger partial charge in [-0.25, -0.2) is 5.26 Å². The monoisotopic (exact) mass is 519 g/mol. The standard InChI is InChI=1S/C25H30N2O6S2/c1-3-27-23-15-14-21(34-33-32-28)19-22(23)25(2,16-8-10-18-35(29,30)31)24(27)13-7-9-17-26-20-11-5-4-6-12-20/h4-7,11-15,17,19H,3,8-10,16,18H2,1-2H3,(H-,28,29,30,31)/p+1. The van der Waals surface area contributed by atoms with Crippen LogP contribution in [0, 0.1) is 0 Å². The van der Waals surface area contributed by atoms with Gasteiger partial charge in [0.15, 0.2) is 5.71 Å². The van der Waals surface area contributed by atoms with E-state index in [-0.39, 0.29) is 5.75 Å². The lowest BCUT2D eigenvalue weighted by molar-refractivity contribution is -0.433. The van der Waals surface area contributed by atoms with Crippen molar-refractivity contribution in [3.05, 3.63) is 66.2 Å². The van der Waals surface area contributed by atoms with Crippen LogP contribution in [0.3, 0.4) is 0 Å². The van der Waals surface area contributed by atoms with Crippen molar-refractivity contribution in [1.82, 2.24) is 0 Å². The Morgan fingerprint density at radius 2 is 1.94 bits per heavy atom. The smallest absolute Gasteiger partial charge is 0.264 e. The number of fused-ring (bicyclic) bond motifs is 1. The molecular formula is C25H31N2O6S2+. The topological polar surface area (TPSA) is 108 Å². The molecule has 2 aromatic carbocycles. The van der Waals surface area contributed by atoms with E-state index in [9.17, 15) is 8.42 Å². The van der Waals surface area contributed by atoms with Crippen molar-refractivity contribution in [2.24, 2.45) is 4.99 Å². The van der Waals surface area contributed by atoms with Gasteiger partial charge in [-0.2, -0.15) is 13.0 Å². The minimum absolute atomic E-state index is 0.258. The molecule has 1 aliphatic heterocycles. The molecule has 0 saturated heterocycles. The second-order valence-electron chi connectivity index (χ2n) is 8.39.